The zero-order valence-corrected chi connectivity index (χ0v) is 30.5. The Hall–Kier alpha value is -4.17. The van der Waals surface area contributed by atoms with Crippen LogP contribution in [-0.2, 0) is 21.2 Å². The van der Waals surface area contributed by atoms with Crippen molar-refractivity contribution < 1.29 is 13.2 Å². The SMILES string of the molecule is C=C(NS(=O)(=O)c1ccccc1-c1ccc(CC2=C(CCCC)N=C(C3CCCC3)N(C(=CC)/N=C\C(=C/C)OCC)C2=C)cc1)C1CC1. The van der Waals surface area contributed by atoms with Crippen LogP contribution < -0.4 is 4.72 Å². The van der Waals surface area contributed by atoms with Crippen LogP contribution in [0.4, 0.5) is 0 Å². The van der Waals surface area contributed by atoms with Gasteiger partial charge in [-0.25, -0.2) is 18.4 Å². The van der Waals surface area contributed by atoms with E-state index in [2.05, 4.69) is 35.3 Å². The van der Waals surface area contributed by atoms with Crippen LogP contribution in [-0.4, -0.2) is 32.0 Å². The number of aliphatic imine (C=N–C) groups is 2. The van der Waals surface area contributed by atoms with Crippen LogP contribution >= 0.6 is 0 Å². The molecule has 5 rings (SSSR count). The number of amidine groups is 1. The maximum Gasteiger partial charge on any atom is 0.262 e. The smallest absolute Gasteiger partial charge is 0.262 e. The van der Waals surface area contributed by atoms with E-state index in [0.717, 1.165) is 90.5 Å². The average molecular weight is 681 g/mol. The summed E-state index contributed by atoms with van der Waals surface area (Å²) in [4.78, 5) is 12.8. The first-order valence-electron chi connectivity index (χ1n) is 17.9. The first-order valence-corrected chi connectivity index (χ1v) is 19.4. The Kier molecular flexibility index (Phi) is 12.2. The van der Waals surface area contributed by atoms with Crippen molar-refractivity contribution in [3.8, 4) is 11.1 Å². The Bertz CT molecular complexity index is 1790. The summed E-state index contributed by atoms with van der Waals surface area (Å²) in [6.45, 7) is 17.4. The van der Waals surface area contributed by atoms with Crippen molar-refractivity contribution in [2.45, 2.75) is 96.8 Å². The van der Waals surface area contributed by atoms with E-state index in [4.69, 9.17) is 21.3 Å². The van der Waals surface area contributed by atoms with Crippen LogP contribution in [0, 0.1) is 11.8 Å². The molecule has 49 heavy (non-hydrogen) atoms. The van der Waals surface area contributed by atoms with Gasteiger partial charge in [-0.2, -0.15) is 0 Å². The zero-order valence-electron chi connectivity index (χ0n) is 29.7. The molecule has 0 aromatic heterocycles. The Labute approximate surface area is 294 Å². The fraction of sp³-hybridized carbons (Fsp3) is 0.415. The summed E-state index contributed by atoms with van der Waals surface area (Å²) in [7, 11) is -3.76. The molecular formula is C41H52N4O3S. The summed E-state index contributed by atoms with van der Waals surface area (Å²) in [6.07, 6.45) is 16.0. The number of ether oxygens (including phenoxy) is 1. The van der Waals surface area contributed by atoms with Gasteiger partial charge >= 0.3 is 0 Å². The number of nitrogens with zero attached hydrogens (tertiary/aromatic N) is 3. The van der Waals surface area contributed by atoms with Crippen molar-refractivity contribution in [3.05, 3.63) is 114 Å². The number of unbranched alkanes of at least 4 members (excludes halogenated alkanes) is 1. The molecule has 2 aromatic rings. The Morgan fingerprint density at radius 2 is 1.76 bits per heavy atom. The summed E-state index contributed by atoms with van der Waals surface area (Å²) in [6, 6.07) is 15.3. The first-order chi connectivity index (χ1) is 23.7. The minimum absolute atomic E-state index is 0.234. The second kappa shape index (κ2) is 16.5. The number of allylic oxidation sites excluding steroid dienone is 6. The van der Waals surface area contributed by atoms with Crippen molar-refractivity contribution in [1.82, 2.24) is 9.62 Å². The lowest BCUT2D eigenvalue weighted by Crippen LogP contribution is -2.37. The lowest BCUT2D eigenvalue weighted by atomic mass is 9.93. The molecule has 8 heteroatoms. The fourth-order valence-corrected chi connectivity index (χ4v) is 7.96. The molecule has 1 heterocycles. The van der Waals surface area contributed by atoms with Gasteiger partial charge < -0.3 is 4.74 Å². The molecule has 7 nitrogen and oxygen atoms in total. The minimum atomic E-state index is -3.76. The largest absolute Gasteiger partial charge is 0.493 e. The highest BCUT2D eigenvalue weighted by Gasteiger charge is 2.34. The van der Waals surface area contributed by atoms with Gasteiger partial charge in [-0.1, -0.05) is 81.8 Å². The van der Waals surface area contributed by atoms with Crippen molar-refractivity contribution >= 4 is 22.1 Å². The lowest BCUT2D eigenvalue weighted by molar-refractivity contribution is 0.250. The van der Waals surface area contributed by atoms with E-state index in [1.165, 1.54) is 12.8 Å². The number of sulfonamides is 1. The summed E-state index contributed by atoms with van der Waals surface area (Å²) in [5.41, 5.74) is 6.31. The van der Waals surface area contributed by atoms with Crippen LogP contribution in [0.3, 0.4) is 0 Å². The molecule has 2 aromatic carbocycles. The van der Waals surface area contributed by atoms with Gasteiger partial charge in [0.1, 0.15) is 17.4 Å². The molecule has 0 spiro atoms. The molecule has 0 atom stereocenters. The molecular weight excluding hydrogens is 629 g/mol. The molecule has 0 saturated heterocycles. The van der Waals surface area contributed by atoms with Crippen LogP contribution in [0.2, 0.25) is 0 Å². The van der Waals surface area contributed by atoms with Gasteiger partial charge in [0.25, 0.3) is 10.0 Å². The molecule has 2 aliphatic carbocycles. The summed E-state index contributed by atoms with van der Waals surface area (Å²) in [5.74, 6) is 3.15. The lowest BCUT2D eigenvalue weighted by Gasteiger charge is -2.36. The van der Waals surface area contributed by atoms with Gasteiger partial charge in [0.2, 0.25) is 0 Å². The van der Waals surface area contributed by atoms with Gasteiger partial charge in [-0.15, -0.1) is 0 Å². The second-order valence-corrected chi connectivity index (χ2v) is 14.7. The number of rotatable bonds is 16. The van der Waals surface area contributed by atoms with E-state index in [-0.39, 0.29) is 10.8 Å². The molecule has 260 valence electrons. The predicted molar refractivity (Wildman–Crippen MR) is 202 cm³/mol. The Balaban J connectivity index is 1.48. The van der Waals surface area contributed by atoms with E-state index in [0.29, 0.717) is 30.2 Å². The molecule has 0 radical (unpaired) electrons. The predicted octanol–water partition coefficient (Wildman–Crippen LogP) is 9.83. The molecule has 0 amide bonds. The van der Waals surface area contributed by atoms with E-state index in [9.17, 15) is 8.42 Å². The van der Waals surface area contributed by atoms with E-state index < -0.39 is 10.0 Å². The Morgan fingerprint density at radius 1 is 1.04 bits per heavy atom. The highest BCUT2D eigenvalue weighted by molar-refractivity contribution is 7.89. The molecule has 1 aliphatic heterocycles. The van der Waals surface area contributed by atoms with Crippen molar-refractivity contribution in [2.75, 3.05) is 6.61 Å². The highest BCUT2D eigenvalue weighted by Crippen LogP contribution is 2.39. The van der Waals surface area contributed by atoms with Crippen LogP contribution in [0.5, 0.6) is 0 Å². The molecule has 1 N–H and O–H groups in total. The topological polar surface area (TPSA) is 83.4 Å². The first kappa shape index (κ1) is 36.1. The average Bonchev–Trinajstić information content (AvgIpc) is 3.83. The molecule has 2 fully saturated rings. The van der Waals surface area contributed by atoms with Crippen molar-refractivity contribution in [3.63, 3.8) is 0 Å². The molecule has 0 unspecified atom stereocenters. The van der Waals surface area contributed by atoms with Gasteiger partial charge in [0.15, 0.2) is 0 Å². The van der Waals surface area contributed by atoms with Crippen molar-refractivity contribution in [1.29, 1.82) is 0 Å². The van der Waals surface area contributed by atoms with Gasteiger partial charge in [0, 0.05) is 40.6 Å². The third-order valence-corrected chi connectivity index (χ3v) is 11.0. The number of nitrogens with one attached hydrogen (secondary N) is 1. The standard InChI is InChI=1S/C41H52N4O3S/c1-7-11-19-38-37(30(6)45(41(43-38)34-16-12-13-17-34)40(9-3)42-28-35(8-2)48-10-4)27-31-21-23-33(24-22-31)36-18-14-15-20-39(36)49(46,47)44-29(5)32-25-26-32/h8-9,14-15,18,20-24,28,32,34,44H,5-7,10-13,16-17,19,25-27H2,1-4H3/b35-8+,40-9?,42-28-. The number of benzene rings is 2. The third kappa shape index (κ3) is 8.71. The van der Waals surface area contributed by atoms with Crippen LogP contribution in [0.25, 0.3) is 11.1 Å². The monoisotopic (exact) mass is 680 g/mol. The van der Waals surface area contributed by atoms with Gasteiger partial charge in [0.05, 0.1) is 17.7 Å². The minimum Gasteiger partial charge on any atom is -0.493 e. The van der Waals surface area contributed by atoms with Crippen molar-refractivity contribution in [2.24, 2.45) is 21.8 Å². The van der Waals surface area contributed by atoms with Crippen LogP contribution in [0.1, 0.15) is 91.0 Å². The maximum absolute atomic E-state index is 13.4. The van der Waals surface area contributed by atoms with Gasteiger partial charge in [-0.05, 0) is 94.6 Å². The fourth-order valence-electron chi connectivity index (χ4n) is 6.61. The van der Waals surface area contributed by atoms with E-state index in [1.807, 2.05) is 57.2 Å². The summed E-state index contributed by atoms with van der Waals surface area (Å²) in [5, 5.41) is 0. The Morgan fingerprint density at radius 3 is 2.39 bits per heavy atom. The molecule has 2 saturated carbocycles. The number of hydrogen-bond donors (Lipinski definition) is 1. The number of hydrogen-bond acceptors (Lipinski definition) is 6. The third-order valence-electron chi connectivity index (χ3n) is 9.50. The summed E-state index contributed by atoms with van der Waals surface area (Å²) < 4.78 is 35.3. The normalized spacial score (nSPS) is 18.0. The molecule has 0 bridgehead atoms. The van der Waals surface area contributed by atoms with Gasteiger partial charge in [-0.3, -0.25) is 9.62 Å². The zero-order chi connectivity index (χ0) is 35.0. The maximum atomic E-state index is 13.4. The van der Waals surface area contributed by atoms with Crippen LogP contribution in [0.15, 0.2) is 123 Å². The van der Waals surface area contributed by atoms with E-state index in [1.54, 1.807) is 18.3 Å². The molecule has 3 aliphatic rings. The summed E-state index contributed by atoms with van der Waals surface area (Å²) >= 11 is 0. The van der Waals surface area contributed by atoms with E-state index >= 15 is 0 Å². The quantitative estimate of drug-likeness (QED) is 0.141. The highest BCUT2D eigenvalue weighted by atomic mass is 32.2. The second-order valence-electron chi connectivity index (χ2n) is 13.1.